The first-order valence-electron chi connectivity index (χ1n) is 4.90. The van der Waals surface area contributed by atoms with Gasteiger partial charge in [-0.05, 0) is 25.1 Å². The van der Waals surface area contributed by atoms with Crippen molar-refractivity contribution in [1.82, 2.24) is 4.98 Å². The Bertz CT molecular complexity index is 568. The molecule has 0 aliphatic carbocycles. The first-order chi connectivity index (χ1) is 8.06. The van der Waals surface area contributed by atoms with Crippen LogP contribution in [0.4, 0.5) is 10.1 Å². The highest BCUT2D eigenvalue weighted by Crippen LogP contribution is 2.18. The second-order valence-electron chi connectivity index (χ2n) is 3.53. The van der Waals surface area contributed by atoms with Gasteiger partial charge >= 0.3 is 0 Å². The predicted molar refractivity (Wildman–Crippen MR) is 67.8 cm³/mol. The lowest BCUT2D eigenvalue weighted by Gasteiger charge is -2.02. The molecule has 0 radical (unpaired) electrons. The van der Waals surface area contributed by atoms with Crippen molar-refractivity contribution in [3.63, 3.8) is 0 Å². The summed E-state index contributed by atoms with van der Waals surface area (Å²) in [4.78, 5) is 4.66. The fourth-order valence-electron chi connectivity index (χ4n) is 1.34. The Balaban J connectivity index is 2.17. The maximum Gasteiger partial charge on any atom is 0.147 e. The van der Waals surface area contributed by atoms with E-state index in [1.54, 1.807) is 6.07 Å². The number of anilines is 1. The average Bonchev–Trinajstić information content (AvgIpc) is 2.68. The number of halogens is 1. The third-order valence-electron chi connectivity index (χ3n) is 2.18. The molecule has 2 rings (SSSR count). The standard InChI is InChI=1S/C11H11FN2OS2/c1-7-14-8(5-16-7)6-17(15)9-2-3-11(13)10(12)4-9/h2-5H,6,13H2,1H3. The highest BCUT2D eigenvalue weighted by atomic mass is 32.2. The van der Waals surface area contributed by atoms with Crippen LogP contribution in [-0.4, -0.2) is 9.19 Å². The number of rotatable bonds is 3. The van der Waals surface area contributed by atoms with Crippen LogP contribution in [0.1, 0.15) is 10.7 Å². The molecule has 0 amide bonds. The third-order valence-corrected chi connectivity index (χ3v) is 4.34. The molecular weight excluding hydrogens is 259 g/mol. The number of benzene rings is 1. The number of aromatic nitrogens is 1. The molecule has 0 aliphatic rings. The fourth-order valence-corrected chi connectivity index (χ4v) is 3.10. The van der Waals surface area contributed by atoms with Crippen LogP contribution in [0.5, 0.6) is 0 Å². The molecule has 1 aromatic carbocycles. The van der Waals surface area contributed by atoms with E-state index in [0.29, 0.717) is 10.6 Å². The van der Waals surface area contributed by atoms with Crippen molar-refractivity contribution in [2.24, 2.45) is 0 Å². The quantitative estimate of drug-likeness (QED) is 0.872. The molecule has 2 aromatic rings. The van der Waals surface area contributed by atoms with Crippen molar-refractivity contribution in [2.45, 2.75) is 17.6 Å². The zero-order valence-corrected chi connectivity index (χ0v) is 10.8. The zero-order chi connectivity index (χ0) is 12.4. The summed E-state index contributed by atoms with van der Waals surface area (Å²) in [7, 11) is -1.29. The second kappa shape index (κ2) is 4.93. The average molecular weight is 270 g/mol. The first-order valence-corrected chi connectivity index (χ1v) is 7.10. The van der Waals surface area contributed by atoms with Crippen LogP contribution in [0.25, 0.3) is 0 Å². The van der Waals surface area contributed by atoms with Crippen LogP contribution in [0, 0.1) is 12.7 Å². The minimum Gasteiger partial charge on any atom is -0.396 e. The highest BCUT2D eigenvalue weighted by molar-refractivity contribution is 7.84. The molecule has 0 spiro atoms. The Morgan fingerprint density at radius 1 is 1.53 bits per heavy atom. The Labute approximate surface area is 105 Å². The van der Waals surface area contributed by atoms with Gasteiger partial charge in [0.25, 0.3) is 0 Å². The third kappa shape index (κ3) is 2.89. The largest absolute Gasteiger partial charge is 0.396 e. The maximum atomic E-state index is 13.2. The van der Waals surface area contributed by atoms with Gasteiger partial charge in [-0.15, -0.1) is 11.3 Å². The van der Waals surface area contributed by atoms with E-state index in [9.17, 15) is 8.60 Å². The topological polar surface area (TPSA) is 56.0 Å². The van der Waals surface area contributed by atoms with E-state index < -0.39 is 16.6 Å². The molecule has 0 aliphatic heterocycles. The van der Waals surface area contributed by atoms with E-state index in [1.165, 1.54) is 23.5 Å². The van der Waals surface area contributed by atoms with Crippen LogP contribution in [0.3, 0.4) is 0 Å². The molecule has 2 N–H and O–H groups in total. The van der Waals surface area contributed by atoms with Gasteiger partial charge in [-0.1, -0.05) is 0 Å². The molecule has 90 valence electrons. The molecule has 1 aromatic heterocycles. The maximum absolute atomic E-state index is 13.2. The van der Waals surface area contributed by atoms with Crippen molar-refractivity contribution >= 4 is 27.8 Å². The summed E-state index contributed by atoms with van der Waals surface area (Å²) in [6, 6.07) is 4.22. The normalized spacial score (nSPS) is 12.6. The molecule has 17 heavy (non-hydrogen) atoms. The van der Waals surface area contributed by atoms with Crippen LogP contribution in [0.2, 0.25) is 0 Å². The predicted octanol–water partition coefficient (Wildman–Crippen LogP) is 2.48. The molecule has 6 heteroatoms. The van der Waals surface area contributed by atoms with Crippen LogP contribution in [-0.2, 0) is 16.6 Å². The minimum atomic E-state index is -1.29. The fraction of sp³-hybridized carbons (Fsp3) is 0.182. The number of thiazole rings is 1. The van der Waals surface area contributed by atoms with Crippen molar-refractivity contribution in [1.29, 1.82) is 0 Å². The smallest absolute Gasteiger partial charge is 0.147 e. The van der Waals surface area contributed by atoms with Gasteiger partial charge in [-0.25, -0.2) is 9.37 Å². The number of aryl methyl sites for hydroxylation is 1. The molecule has 1 heterocycles. The lowest BCUT2D eigenvalue weighted by molar-refractivity contribution is 0.627. The Hall–Kier alpha value is -1.27. The molecule has 0 fully saturated rings. The lowest BCUT2D eigenvalue weighted by Crippen LogP contribution is -1.99. The Morgan fingerprint density at radius 2 is 2.29 bits per heavy atom. The van der Waals surface area contributed by atoms with Crippen LogP contribution >= 0.6 is 11.3 Å². The van der Waals surface area contributed by atoms with Crippen molar-refractivity contribution < 1.29 is 8.60 Å². The monoisotopic (exact) mass is 270 g/mol. The molecule has 1 atom stereocenters. The van der Waals surface area contributed by atoms with E-state index in [1.807, 2.05) is 12.3 Å². The van der Waals surface area contributed by atoms with E-state index in [0.717, 1.165) is 10.7 Å². The molecule has 0 saturated heterocycles. The van der Waals surface area contributed by atoms with Gasteiger partial charge < -0.3 is 5.73 Å². The number of nitrogens with two attached hydrogens (primary N) is 1. The Kier molecular flexibility index (Phi) is 3.54. The summed E-state index contributed by atoms with van der Waals surface area (Å²) in [5.41, 5.74) is 6.19. The summed E-state index contributed by atoms with van der Waals surface area (Å²) in [5, 5.41) is 2.79. The Morgan fingerprint density at radius 3 is 2.88 bits per heavy atom. The molecule has 1 unspecified atom stereocenters. The highest BCUT2D eigenvalue weighted by Gasteiger charge is 2.09. The van der Waals surface area contributed by atoms with E-state index in [2.05, 4.69) is 4.98 Å². The summed E-state index contributed by atoms with van der Waals surface area (Å²) < 4.78 is 25.2. The molecular formula is C11H11FN2OS2. The van der Waals surface area contributed by atoms with E-state index >= 15 is 0 Å². The second-order valence-corrected chi connectivity index (χ2v) is 6.04. The van der Waals surface area contributed by atoms with Gasteiger partial charge in [0.1, 0.15) is 5.82 Å². The number of hydrogen-bond donors (Lipinski definition) is 1. The van der Waals surface area contributed by atoms with Crippen molar-refractivity contribution in [3.8, 4) is 0 Å². The molecule has 0 bridgehead atoms. The summed E-state index contributed by atoms with van der Waals surface area (Å²) in [6.45, 7) is 1.89. The minimum absolute atomic E-state index is 0.0650. The summed E-state index contributed by atoms with van der Waals surface area (Å²) >= 11 is 1.51. The lowest BCUT2D eigenvalue weighted by atomic mass is 10.3. The van der Waals surface area contributed by atoms with Crippen LogP contribution < -0.4 is 5.73 Å². The van der Waals surface area contributed by atoms with E-state index in [-0.39, 0.29) is 5.69 Å². The number of nitrogens with zero attached hydrogens (tertiary/aromatic N) is 1. The van der Waals surface area contributed by atoms with E-state index in [4.69, 9.17) is 5.73 Å². The first kappa shape index (κ1) is 12.2. The van der Waals surface area contributed by atoms with Crippen LogP contribution in [0.15, 0.2) is 28.5 Å². The SMILES string of the molecule is Cc1nc(CS(=O)c2ccc(N)c(F)c2)cs1. The van der Waals surface area contributed by atoms with Gasteiger partial charge in [-0.3, -0.25) is 4.21 Å². The van der Waals surface area contributed by atoms with Gasteiger partial charge in [0, 0.05) is 10.3 Å². The van der Waals surface area contributed by atoms with Crippen molar-refractivity contribution in [2.75, 3.05) is 5.73 Å². The zero-order valence-electron chi connectivity index (χ0n) is 9.14. The van der Waals surface area contributed by atoms with Gasteiger partial charge in [0.05, 0.1) is 32.9 Å². The number of hydrogen-bond acceptors (Lipinski definition) is 4. The van der Waals surface area contributed by atoms with Gasteiger partial charge in [0.2, 0.25) is 0 Å². The van der Waals surface area contributed by atoms with Gasteiger partial charge in [-0.2, -0.15) is 0 Å². The summed E-state index contributed by atoms with van der Waals surface area (Å²) in [5.74, 6) is -0.237. The molecule has 0 saturated carbocycles. The summed E-state index contributed by atoms with van der Waals surface area (Å²) in [6.07, 6.45) is 0. The van der Waals surface area contributed by atoms with Crippen molar-refractivity contribution in [3.05, 3.63) is 40.1 Å². The molecule has 3 nitrogen and oxygen atoms in total. The van der Waals surface area contributed by atoms with Gasteiger partial charge in [0.15, 0.2) is 0 Å². The number of nitrogen functional groups attached to an aromatic ring is 1.